The largest absolute Gasteiger partial charge is 0.292 e. The van der Waals surface area contributed by atoms with Crippen LogP contribution in [0, 0.1) is 0 Å². The van der Waals surface area contributed by atoms with E-state index in [1.807, 2.05) is 36.6 Å². The number of hydrogen-bond donors (Lipinski definition) is 1. The van der Waals surface area contributed by atoms with Gasteiger partial charge in [-0.05, 0) is 18.4 Å². The summed E-state index contributed by atoms with van der Waals surface area (Å²) in [5, 5.41) is 2.31. The van der Waals surface area contributed by atoms with Gasteiger partial charge in [-0.1, -0.05) is 30.0 Å². The second-order valence-electron chi connectivity index (χ2n) is 2.54. The van der Waals surface area contributed by atoms with Crippen LogP contribution in [-0.4, -0.2) is 23.5 Å². The standard InChI is InChI=1S/C9H13N3S/c1-12(10)9(13-2)11-8-6-4-3-5-7-8/h3-7H,10H2,1-2H3. The lowest BCUT2D eigenvalue weighted by atomic mass is 10.3. The molecule has 1 aromatic rings. The molecule has 0 radical (unpaired) electrons. The van der Waals surface area contributed by atoms with Crippen LogP contribution in [-0.2, 0) is 0 Å². The lowest BCUT2D eigenvalue weighted by molar-refractivity contribution is 0.551. The van der Waals surface area contributed by atoms with E-state index in [-0.39, 0.29) is 0 Å². The summed E-state index contributed by atoms with van der Waals surface area (Å²) in [4.78, 5) is 4.36. The van der Waals surface area contributed by atoms with Gasteiger partial charge >= 0.3 is 0 Å². The van der Waals surface area contributed by atoms with Gasteiger partial charge in [-0.3, -0.25) is 5.01 Å². The third-order valence-corrected chi connectivity index (χ3v) is 2.21. The molecule has 0 saturated heterocycles. The van der Waals surface area contributed by atoms with E-state index in [4.69, 9.17) is 5.84 Å². The number of aliphatic imine (C=N–C) groups is 1. The Morgan fingerprint density at radius 3 is 2.46 bits per heavy atom. The Hall–Kier alpha value is -1.00. The molecule has 0 unspecified atom stereocenters. The Morgan fingerprint density at radius 1 is 1.38 bits per heavy atom. The maximum atomic E-state index is 5.58. The molecule has 2 N–H and O–H groups in total. The first-order valence-electron chi connectivity index (χ1n) is 3.90. The molecule has 0 fully saturated rings. The molecule has 0 amide bonds. The predicted molar refractivity (Wildman–Crippen MR) is 59.0 cm³/mol. The first kappa shape index (κ1) is 10.1. The van der Waals surface area contributed by atoms with Crippen molar-refractivity contribution >= 4 is 22.6 Å². The number of hydrogen-bond acceptors (Lipinski definition) is 3. The van der Waals surface area contributed by atoms with Gasteiger partial charge in [-0.25, -0.2) is 10.8 Å². The van der Waals surface area contributed by atoms with Crippen LogP contribution in [0.3, 0.4) is 0 Å². The highest BCUT2D eigenvalue weighted by Crippen LogP contribution is 2.13. The average Bonchev–Trinajstić information content (AvgIpc) is 2.15. The molecule has 0 bridgehead atoms. The summed E-state index contributed by atoms with van der Waals surface area (Å²) in [6.07, 6.45) is 1.95. The summed E-state index contributed by atoms with van der Waals surface area (Å²) in [6.45, 7) is 0. The minimum Gasteiger partial charge on any atom is -0.292 e. The van der Waals surface area contributed by atoms with Crippen molar-refractivity contribution in [3.8, 4) is 0 Å². The second kappa shape index (κ2) is 4.89. The van der Waals surface area contributed by atoms with Gasteiger partial charge in [-0.15, -0.1) is 0 Å². The van der Waals surface area contributed by atoms with Crippen LogP contribution < -0.4 is 5.84 Å². The fraction of sp³-hybridized carbons (Fsp3) is 0.222. The maximum Gasteiger partial charge on any atom is 0.178 e. The van der Waals surface area contributed by atoms with Gasteiger partial charge in [0.05, 0.1) is 5.69 Å². The van der Waals surface area contributed by atoms with Crippen LogP contribution in [0.15, 0.2) is 35.3 Å². The number of thioether (sulfide) groups is 1. The van der Waals surface area contributed by atoms with Gasteiger partial charge in [0.2, 0.25) is 0 Å². The smallest absolute Gasteiger partial charge is 0.178 e. The van der Waals surface area contributed by atoms with Crippen LogP contribution >= 0.6 is 11.8 Å². The summed E-state index contributed by atoms with van der Waals surface area (Å²) < 4.78 is 0. The third kappa shape index (κ3) is 3.08. The quantitative estimate of drug-likeness (QED) is 0.322. The van der Waals surface area contributed by atoms with Gasteiger partial charge < -0.3 is 0 Å². The van der Waals surface area contributed by atoms with Crippen LogP contribution in [0.5, 0.6) is 0 Å². The molecular weight excluding hydrogens is 182 g/mol. The van der Waals surface area contributed by atoms with E-state index < -0.39 is 0 Å². The molecule has 0 aliphatic heterocycles. The molecule has 1 rings (SSSR count). The number of rotatable bonds is 1. The van der Waals surface area contributed by atoms with E-state index in [9.17, 15) is 0 Å². The van der Waals surface area contributed by atoms with Crippen LogP contribution in [0.25, 0.3) is 0 Å². The molecule has 4 heteroatoms. The molecule has 13 heavy (non-hydrogen) atoms. The number of benzene rings is 1. The molecule has 0 aromatic heterocycles. The number of nitrogens with two attached hydrogens (primary N) is 1. The maximum absolute atomic E-state index is 5.58. The summed E-state index contributed by atoms with van der Waals surface area (Å²) in [5.41, 5.74) is 0.921. The highest BCUT2D eigenvalue weighted by molar-refractivity contribution is 8.13. The SMILES string of the molecule is CSC(=Nc1ccccc1)N(C)N. The van der Waals surface area contributed by atoms with E-state index in [0.717, 1.165) is 10.9 Å². The lowest BCUT2D eigenvalue weighted by Crippen LogP contribution is -2.30. The van der Waals surface area contributed by atoms with Gasteiger partial charge in [0.15, 0.2) is 5.17 Å². The molecule has 0 heterocycles. The Bertz CT molecular complexity index is 282. The number of para-hydroxylation sites is 1. The molecule has 0 aliphatic carbocycles. The fourth-order valence-corrected chi connectivity index (χ4v) is 1.37. The molecule has 70 valence electrons. The minimum atomic E-state index is 0.797. The van der Waals surface area contributed by atoms with Gasteiger partial charge in [-0.2, -0.15) is 0 Å². The molecular formula is C9H13N3S. The molecule has 1 aromatic carbocycles. The van der Waals surface area contributed by atoms with Crippen molar-refractivity contribution < 1.29 is 0 Å². The molecule has 0 saturated carbocycles. The molecule has 0 atom stereocenters. The summed E-state index contributed by atoms with van der Waals surface area (Å²) in [5.74, 6) is 5.58. The monoisotopic (exact) mass is 195 g/mol. The van der Waals surface area contributed by atoms with E-state index in [1.165, 1.54) is 16.8 Å². The zero-order valence-corrected chi connectivity index (χ0v) is 8.58. The van der Waals surface area contributed by atoms with Gasteiger partial charge in [0.25, 0.3) is 0 Å². The van der Waals surface area contributed by atoms with Gasteiger partial charge in [0, 0.05) is 7.05 Å². The van der Waals surface area contributed by atoms with Crippen LogP contribution in [0.2, 0.25) is 0 Å². The van der Waals surface area contributed by atoms with Crippen molar-refractivity contribution in [1.82, 2.24) is 5.01 Å². The van der Waals surface area contributed by atoms with Crippen LogP contribution in [0.4, 0.5) is 5.69 Å². The molecule has 3 nitrogen and oxygen atoms in total. The number of nitrogens with zero attached hydrogens (tertiary/aromatic N) is 2. The average molecular weight is 195 g/mol. The summed E-state index contributed by atoms with van der Waals surface area (Å²) >= 11 is 1.52. The normalized spacial score (nSPS) is 11.5. The first-order chi connectivity index (χ1) is 6.24. The zero-order valence-electron chi connectivity index (χ0n) is 7.77. The van der Waals surface area contributed by atoms with Crippen molar-refractivity contribution in [2.24, 2.45) is 10.8 Å². The topological polar surface area (TPSA) is 41.6 Å². The molecule has 0 aliphatic rings. The lowest BCUT2D eigenvalue weighted by Gasteiger charge is -2.12. The zero-order chi connectivity index (χ0) is 9.68. The van der Waals surface area contributed by atoms with E-state index >= 15 is 0 Å². The minimum absolute atomic E-state index is 0.797. The van der Waals surface area contributed by atoms with Crippen molar-refractivity contribution in [2.45, 2.75) is 0 Å². The van der Waals surface area contributed by atoms with E-state index in [1.54, 1.807) is 7.05 Å². The van der Waals surface area contributed by atoms with Gasteiger partial charge in [0.1, 0.15) is 0 Å². The van der Waals surface area contributed by atoms with Crippen molar-refractivity contribution in [3.63, 3.8) is 0 Å². The Kier molecular flexibility index (Phi) is 3.79. The summed E-state index contributed by atoms with van der Waals surface area (Å²) in [6, 6.07) is 9.75. The number of hydrazine groups is 1. The Balaban J connectivity index is 2.85. The van der Waals surface area contributed by atoms with E-state index in [0.29, 0.717) is 0 Å². The highest BCUT2D eigenvalue weighted by atomic mass is 32.2. The van der Waals surface area contributed by atoms with Crippen molar-refractivity contribution in [3.05, 3.63) is 30.3 Å². The van der Waals surface area contributed by atoms with E-state index in [2.05, 4.69) is 4.99 Å². The summed E-state index contributed by atoms with van der Waals surface area (Å²) in [7, 11) is 1.78. The Labute approximate surface area is 82.6 Å². The Morgan fingerprint density at radius 2 is 2.00 bits per heavy atom. The first-order valence-corrected chi connectivity index (χ1v) is 5.12. The number of amidine groups is 1. The predicted octanol–water partition coefficient (Wildman–Crippen LogP) is 1.84. The second-order valence-corrected chi connectivity index (χ2v) is 3.32. The van der Waals surface area contributed by atoms with Crippen LogP contribution in [0.1, 0.15) is 0 Å². The highest BCUT2D eigenvalue weighted by Gasteiger charge is 1.99. The van der Waals surface area contributed by atoms with Crippen molar-refractivity contribution in [2.75, 3.05) is 13.3 Å². The third-order valence-electron chi connectivity index (χ3n) is 1.47. The van der Waals surface area contributed by atoms with Crippen molar-refractivity contribution in [1.29, 1.82) is 0 Å². The molecule has 0 spiro atoms. The fourth-order valence-electron chi connectivity index (χ4n) is 0.881.